The number of nitrogens with zero attached hydrogens (tertiary/aromatic N) is 1. The van der Waals surface area contributed by atoms with E-state index in [1.807, 2.05) is 24.3 Å². The molecule has 0 unspecified atom stereocenters. The van der Waals surface area contributed by atoms with Crippen molar-refractivity contribution in [3.63, 3.8) is 0 Å². The van der Waals surface area contributed by atoms with Gasteiger partial charge in [-0.1, -0.05) is 24.0 Å². The molecule has 0 heterocycles. The van der Waals surface area contributed by atoms with Crippen molar-refractivity contribution in [2.75, 3.05) is 27.4 Å². The maximum absolute atomic E-state index is 11.7. The molecule has 0 bridgehead atoms. The smallest absolute Gasteiger partial charge is 0.224 e. The van der Waals surface area contributed by atoms with Crippen LogP contribution in [0.2, 0.25) is 0 Å². The SMILES string of the molecule is COCCC(=O)N(C)Cc1ccc(C#CCO)cc1. The molecule has 19 heavy (non-hydrogen) atoms. The molecule has 0 fully saturated rings. The summed E-state index contributed by atoms with van der Waals surface area (Å²) in [5.74, 6) is 5.48. The lowest BCUT2D eigenvalue weighted by atomic mass is 10.1. The Balaban J connectivity index is 2.55. The topological polar surface area (TPSA) is 49.8 Å². The van der Waals surface area contributed by atoms with E-state index in [1.165, 1.54) is 0 Å². The number of hydrogen-bond donors (Lipinski definition) is 1. The fourth-order valence-electron chi connectivity index (χ4n) is 1.58. The average molecular weight is 261 g/mol. The van der Waals surface area contributed by atoms with Gasteiger partial charge in [0.25, 0.3) is 0 Å². The van der Waals surface area contributed by atoms with Crippen LogP contribution in [0.1, 0.15) is 17.5 Å². The van der Waals surface area contributed by atoms with E-state index in [-0.39, 0.29) is 12.5 Å². The summed E-state index contributed by atoms with van der Waals surface area (Å²) in [5, 5.41) is 8.61. The first-order valence-corrected chi connectivity index (χ1v) is 6.09. The van der Waals surface area contributed by atoms with E-state index in [1.54, 1.807) is 19.1 Å². The molecule has 1 aromatic rings. The third kappa shape index (κ3) is 5.56. The lowest BCUT2D eigenvalue weighted by Gasteiger charge is -2.17. The fraction of sp³-hybridized carbons (Fsp3) is 0.400. The molecule has 0 saturated carbocycles. The summed E-state index contributed by atoms with van der Waals surface area (Å²) in [6.45, 7) is 0.869. The van der Waals surface area contributed by atoms with E-state index in [4.69, 9.17) is 9.84 Å². The second-order valence-corrected chi connectivity index (χ2v) is 4.15. The number of aliphatic hydroxyl groups is 1. The van der Waals surface area contributed by atoms with Crippen molar-refractivity contribution in [3.8, 4) is 11.8 Å². The summed E-state index contributed by atoms with van der Waals surface area (Å²) in [7, 11) is 3.36. The molecule has 0 atom stereocenters. The summed E-state index contributed by atoms with van der Waals surface area (Å²) in [6.07, 6.45) is 0.396. The van der Waals surface area contributed by atoms with E-state index in [2.05, 4.69) is 11.8 Å². The van der Waals surface area contributed by atoms with Crippen LogP contribution in [0.5, 0.6) is 0 Å². The Hall–Kier alpha value is -1.83. The van der Waals surface area contributed by atoms with E-state index in [0.29, 0.717) is 19.6 Å². The molecule has 0 saturated heterocycles. The van der Waals surface area contributed by atoms with Crippen LogP contribution in [0.4, 0.5) is 0 Å². The predicted molar refractivity (Wildman–Crippen MR) is 73.4 cm³/mol. The molecule has 1 N–H and O–H groups in total. The summed E-state index contributed by atoms with van der Waals surface area (Å²) >= 11 is 0. The summed E-state index contributed by atoms with van der Waals surface area (Å²) < 4.78 is 4.88. The van der Waals surface area contributed by atoms with Gasteiger partial charge in [-0.2, -0.15) is 0 Å². The van der Waals surface area contributed by atoms with Crippen LogP contribution in [0.15, 0.2) is 24.3 Å². The van der Waals surface area contributed by atoms with Gasteiger partial charge in [0, 0.05) is 26.3 Å². The Bertz CT molecular complexity index is 457. The minimum Gasteiger partial charge on any atom is -0.384 e. The number of benzene rings is 1. The summed E-state index contributed by atoms with van der Waals surface area (Å²) in [4.78, 5) is 13.4. The Kier molecular flexibility index (Phi) is 6.65. The Morgan fingerprint density at radius 1 is 1.37 bits per heavy atom. The monoisotopic (exact) mass is 261 g/mol. The highest BCUT2D eigenvalue weighted by atomic mass is 16.5. The maximum atomic E-state index is 11.7. The number of rotatable bonds is 5. The highest BCUT2D eigenvalue weighted by molar-refractivity contribution is 5.75. The molecule has 102 valence electrons. The first-order chi connectivity index (χ1) is 9.17. The summed E-state index contributed by atoms with van der Waals surface area (Å²) in [5.41, 5.74) is 1.90. The van der Waals surface area contributed by atoms with Crippen molar-refractivity contribution < 1.29 is 14.6 Å². The molecule has 4 nitrogen and oxygen atoms in total. The molecule has 0 spiro atoms. The van der Waals surface area contributed by atoms with E-state index in [9.17, 15) is 4.79 Å². The normalized spacial score (nSPS) is 9.63. The molecular formula is C15H19NO3. The van der Waals surface area contributed by atoms with E-state index in [0.717, 1.165) is 11.1 Å². The standard InChI is InChI=1S/C15H19NO3/c1-16(15(18)9-11-19-2)12-14-7-5-13(6-8-14)4-3-10-17/h5-8,17H,9-12H2,1-2H3. The van der Waals surface area contributed by atoms with Crippen molar-refractivity contribution in [2.45, 2.75) is 13.0 Å². The Morgan fingerprint density at radius 2 is 2.05 bits per heavy atom. The third-order valence-electron chi connectivity index (χ3n) is 2.63. The number of carbonyl (C=O) groups is 1. The van der Waals surface area contributed by atoms with Crippen LogP contribution in [-0.4, -0.2) is 43.3 Å². The highest BCUT2D eigenvalue weighted by Crippen LogP contribution is 2.07. The number of ether oxygens (including phenoxy) is 1. The van der Waals surface area contributed by atoms with E-state index >= 15 is 0 Å². The minimum atomic E-state index is -0.140. The van der Waals surface area contributed by atoms with Crippen LogP contribution in [0.3, 0.4) is 0 Å². The number of methoxy groups -OCH3 is 1. The second kappa shape index (κ2) is 8.30. The van der Waals surface area contributed by atoms with Gasteiger partial charge in [0.15, 0.2) is 0 Å². The Morgan fingerprint density at radius 3 is 2.63 bits per heavy atom. The second-order valence-electron chi connectivity index (χ2n) is 4.15. The quantitative estimate of drug-likeness (QED) is 0.805. The van der Waals surface area contributed by atoms with Gasteiger partial charge in [0.1, 0.15) is 6.61 Å². The number of amides is 1. The molecule has 1 aromatic carbocycles. The molecule has 1 rings (SSSR count). The zero-order chi connectivity index (χ0) is 14.1. The van der Waals surface area contributed by atoms with Gasteiger partial charge in [-0.05, 0) is 17.7 Å². The molecule has 0 aromatic heterocycles. The van der Waals surface area contributed by atoms with Crippen molar-refractivity contribution in [1.29, 1.82) is 0 Å². The number of aliphatic hydroxyl groups excluding tert-OH is 1. The van der Waals surface area contributed by atoms with E-state index < -0.39 is 0 Å². The third-order valence-corrected chi connectivity index (χ3v) is 2.63. The van der Waals surface area contributed by atoms with Crippen molar-refractivity contribution in [1.82, 2.24) is 4.90 Å². The van der Waals surface area contributed by atoms with Gasteiger partial charge < -0.3 is 14.7 Å². The van der Waals surface area contributed by atoms with Crippen LogP contribution in [0, 0.1) is 11.8 Å². The molecule has 0 aliphatic heterocycles. The van der Waals surface area contributed by atoms with Crippen molar-refractivity contribution in [3.05, 3.63) is 35.4 Å². The average Bonchev–Trinajstić information content (AvgIpc) is 2.43. The lowest BCUT2D eigenvalue weighted by Crippen LogP contribution is -2.26. The zero-order valence-electron chi connectivity index (χ0n) is 11.3. The van der Waals surface area contributed by atoms with Crippen molar-refractivity contribution >= 4 is 5.91 Å². The minimum absolute atomic E-state index is 0.0611. The number of carbonyl (C=O) groups excluding carboxylic acids is 1. The summed E-state index contributed by atoms with van der Waals surface area (Å²) in [6, 6.07) is 7.62. The van der Waals surface area contributed by atoms with Crippen LogP contribution < -0.4 is 0 Å². The van der Waals surface area contributed by atoms with Crippen molar-refractivity contribution in [2.24, 2.45) is 0 Å². The predicted octanol–water partition coefficient (Wildman–Crippen LogP) is 1.03. The molecule has 0 radical (unpaired) electrons. The van der Waals surface area contributed by atoms with Gasteiger partial charge in [-0.25, -0.2) is 0 Å². The maximum Gasteiger partial charge on any atom is 0.224 e. The molecule has 0 aliphatic carbocycles. The first kappa shape index (κ1) is 15.2. The van der Waals surface area contributed by atoms with Gasteiger partial charge in [0.2, 0.25) is 5.91 Å². The fourth-order valence-corrected chi connectivity index (χ4v) is 1.58. The highest BCUT2D eigenvalue weighted by Gasteiger charge is 2.08. The van der Waals surface area contributed by atoms with Crippen LogP contribution in [-0.2, 0) is 16.1 Å². The molecule has 1 amide bonds. The number of hydrogen-bond acceptors (Lipinski definition) is 3. The van der Waals surface area contributed by atoms with Crippen LogP contribution in [0.25, 0.3) is 0 Å². The Labute approximate surface area is 114 Å². The molecular weight excluding hydrogens is 242 g/mol. The van der Waals surface area contributed by atoms with Gasteiger partial charge >= 0.3 is 0 Å². The first-order valence-electron chi connectivity index (χ1n) is 6.09. The molecule has 4 heteroatoms. The molecule has 0 aliphatic rings. The van der Waals surface area contributed by atoms with Gasteiger partial charge in [0.05, 0.1) is 13.0 Å². The van der Waals surface area contributed by atoms with Gasteiger partial charge in [-0.15, -0.1) is 0 Å². The lowest BCUT2D eigenvalue weighted by molar-refractivity contribution is -0.131. The zero-order valence-corrected chi connectivity index (χ0v) is 11.3. The largest absolute Gasteiger partial charge is 0.384 e. The van der Waals surface area contributed by atoms with Gasteiger partial charge in [-0.3, -0.25) is 4.79 Å². The van der Waals surface area contributed by atoms with Crippen LogP contribution >= 0.6 is 0 Å².